The first-order chi connectivity index (χ1) is 12.7. The summed E-state index contributed by atoms with van der Waals surface area (Å²) in [6, 6.07) is 5.04. The molecule has 1 aliphatic heterocycles. The number of carbonyl (C=O) groups excluding carboxylic acids is 2. The van der Waals surface area contributed by atoms with Gasteiger partial charge in [0.15, 0.2) is 0 Å². The molecule has 148 valence electrons. The summed E-state index contributed by atoms with van der Waals surface area (Å²) in [6.45, 7) is 4.86. The standard InChI is InChI=1S/C19H24FNO6/c1-11(2)18(24)26-12(3)27-19(25)21-10-14(9-16(21)17(22)23)7-13-5-4-6-15(20)8-13/h4-6,8,11-12,14,16H,7,9-10H2,1-3H3,(H,22,23)/t12-,14+,16+/m1/s1. The number of likely N-dealkylation sites (tertiary alicyclic amines) is 1. The van der Waals surface area contributed by atoms with E-state index in [0.717, 1.165) is 10.5 Å². The van der Waals surface area contributed by atoms with Crippen molar-refractivity contribution in [1.82, 2.24) is 4.90 Å². The van der Waals surface area contributed by atoms with Crippen LogP contribution in [-0.4, -0.2) is 46.9 Å². The van der Waals surface area contributed by atoms with E-state index in [1.165, 1.54) is 19.1 Å². The van der Waals surface area contributed by atoms with Crippen molar-refractivity contribution in [1.29, 1.82) is 0 Å². The molecular weight excluding hydrogens is 357 g/mol. The van der Waals surface area contributed by atoms with Crippen LogP contribution in [0.3, 0.4) is 0 Å². The Morgan fingerprint density at radius 3 is 2.56 bits per heavy atom. The van der Waals surface area contributed by atoms with Crippen LogP contribution in [0.2, 0.25) is 0 Å². The summed E-state index contributed by atoms with van der Waals surface area (Å²) in [4.78, 5) is 36.6. The van der Waals surface area contributed by atoms with Crippen LogP contribution >= 0.6 is 0 Å². The Bertz CT molecular complexity index is 707. The van der Waals surface area contributed by atoms with Gasteiger partial charge in [0.05, 0.1) is 5.92 Å². The van der Waals surface area contributed by atoms with E-state index in [1.807, 2.05) is 0 Å². The number of halogens is 1. The van der Waals surface area contributed by atoms with Crippen molar-refractivity contribution in [2.45, 2.75) is 45.9 Å². The third kappa shape index (κ3) is 5.67. The molecule has 27 heavy (non-hydrogen) atoms. The number of aliphatic carboxylic acids is 1. The van der Waals surface area contributed by atoms with Crippen LogP contribution in [0.4, 0.5) is 9.18 Å². The Kier molecular flexibility index (Phi) is 6.76. The number of esters is 1. The van der Waals surface area contributed by atoms with Crippen LogP contribution in [0.15, 0.2) is 24.3 Å². The number of carboxylic acids is 1. The van der Waals surface area contributed by atoms with Crippen LogP contribution in [-0.2, 0) is 25.5 Å². The van der Waals surface area contributed by atoms with Gasteiger partial charge in [0.25, 0.3) is 0 Å². The smallest absolute Gasteiger partial charge is 0.413 e. The van der Waals surface area contributed by atoms with Crippen LogP contribution in [0.5, 0.6) is 0 Å². The lowest BCUT2D eigenvalue weighted by molar-refractivity contribution is -0.170. The molecule has 0 unspecified atom stereocenters. The lowest BCUT2D eigenvalue weighted by Crippen LogP contribution is -2.42. The van der Waals surface area contributed by atoms with Gasteiger partial charge in [-0.05, 0) is 36.5 Å². The summed E-state index contributed by atoms with van der Waals surface area (Å²) in [5, 5.41) is 9.42. The van der Waals surface area contributed by atoms with Crippen molar-refractivity contribution in [2.75, 3.05) is 6.54 Å². The molecule has 1 saturated heterocycles. The van der Waals surface area contributed by atoms with E-state index in [1.54, 1.807) is 26.0 Å². The zero-order chi connectivity index (χ0) is 20.1. The lowest BCUT2D eigenvalue weighted by atomic mass is 9.97. The van der Waals surface area contributed by atoms with E-state index >= 15 is 0 Å². The zero-order valence-electron chi connectivity index (χ0n) is 15.6. The molecule has 1 N–H and O–H groups in total. The van der Waals surface area contributed by atoms with Gasteiger partial charge >= 0.3 is 18.0 Å². The highest BCUT2D eigenvalue weighted by Gasteiger charge is 2.41. The summed E-state index contributed by atoms with van der Waals surface area (Å²) >= 11 is 0. The minimum Gasteiger partial charge on any atom is -0.480 e. The predicted molar refractivity (Wildman–Crippen MR) is 93.2 cm³/mol. The third-order valence-corrected chi connectivity index (χ3v) is 4.34. The number of carbonyl (C=O) groups is 3. The van der Waals surface area contributed by atoms with Gasteiger partial charge in [0.1, 0.15) is 11.9 Å². The number of ether oxygens (including phenoxy) is 2. The average molecular weight is 381 g/mol. The monoisotopic (exact) mass is 381 g/mol. The lowest BCUT2D eigenvalue weighted by Gasteiger charge is -2.23. The number of nitrogens with zero attached hydrogens (tertiary/aromatic N) is 1. The highest BCUT2D eigenvalue weighted by molar-refractivity contribution is 5.81. The Hall–Kier alpha value is -2.64. The Labute approximate surface area is 157 Å². The van der Waals surface area contributed by atoms with E-state index in [0.29, 0.717) is 6.42 Å². The maximum atomic E-state index is 13.3. The minimum absolute atomic E-state index is 0.144. The zero-order valence-corrected chi connectivity index (χ0v) is 15.6. The molecule has 0 bridgehead atoms. The molecule has 0 aromatic heterocycles. The number of benzene rings is 1. The first kappa shape index (κ1) is 20.7. The second-order valence-electron chi connectivity index (χ2n) is 6.99. The highest BCUT2D eigenvalue weighted by Crippen LogP contribution is 2.28. The maximum Gasteiger partial charge on any atom is 0.413 e. The van der Waals surface area contributed by atoms with Crippen molar-refractivity contribution >= 4 is 18.0 Å². The largest absolute Gasteiger partial charge is 0.480 e. The second kappa shape index (κ2) is 8.83. The summed E-state index contributed by atoms with van der Waals surface area (Å²) in [6.07, 6.45) is -1.29. The van der Waals surface area contributed by atoms with Crippen molar-refractivity contribution in [3.05, 3.63) is 35.6 Å². The van der Waals surface area contributed by atoms with Gasteiger partial charge in [0.2, 0.25) is 6.29 Å². The van der Waals surface area contributed by atoms with Gasteiger partial charge in [-0.25, -0.2) is 14.0 Å². The van der Waals surface area contributed by atoms with Crippen LogP contribution in [0.1, 0.15) is 32.8 Å². The SMILES string of the molecule is CC(C)C(=O)O[C@@H](C)OC(=O)N1C[C@@H](Cc2cccc(F)c2)C[C@H]1C(=O)O. The van der Waals surface area contributed by atoms with Crippen LogP contribution in [0.25, 0.3) is 0 Å². The van der Waals surface area contributed by atoms with Crippen LogP contribution < -0.4 is 0 Å². The fourth-order valence-corrected chi connectivity index (χ4v) is 3.04. The molecule has 1 aromatic carbocycles. The summed E-state index contributed by atoms with van der Waals surface area (Å²) in [5.41, 5.74) is 0.735. The average Bonchev–Trinajstić information content (AvgIpc) is 2.98. The van der Waals surface area contributed by atoms with Gasteiger partial charge in [-0.1, -0.05) is 26.0 Å². The Morgan fingerprint density at radius 2 is 1.96 bits per heavy atom. The van der Waals surface area contributed by atoms with Crippen molar-refractivity contribution in [2.24, 2.45) is 11.8 Å². The first-order valence-corrected chi connectivity index (χ1v) is 8.82. The fourth-order valence-electron chi connectivity index (χ4n) is 3.04. The first-order valence-electron chi connectivity index (χ1n) is 8.82. The molecule has 0 aliphatic carbocycles. The van der Waals surface area contributed by atoms with Crippen molar-refractivity contribution in [3.8, 4) is 0 Å². The van der Waals surface area contributed by atoms with Gasteiger partial charge in [-0.15, -0.1) is 0 Å². The Morgan fingerprint density at radius 1 is 1.26 bits per heavy atom. The number of hydrogen-bond donors (Lipinski definition) is 1. The molecule has 0 spiro atoms. The van der Waals surface area contributed by atoms with E-state index in [-0.39, 0.29) is 30.6 Å². The molecule has 1 aliphatic rings. The van der Waals surface area contributed by atoms with Crippen molar-refractivity contribution < 1.29 is 33.4 Å². The van der Waals surface area contributed by atoms with Crippen molar-refractivity contribution in [3.63, 3.8) is 0 Å². The van der Waals surface area contributed by atoms with E-state index in [4.69, 9.17) is 9.47 Å². The second-order valence-corrected chi connectivity index (χ2v) is 6.99. The Balaban J connectivity index is 2.00. The van der Waals surface area contributed by atoms with Crippen LogP contribution in [0, 0.1) is 17.7 Å². The van der Waals surface area contributed by atoms with E-state index < -0.39 is 30.4 Å². The number of carboxylic acid groups (broad SMARTS) is 1. The van der Waals surface area contributed by atoms with Gasteiger partial charge < -0.3 is 14.6 Å². The number of rotatable bonds is 6. The minimum atomic E-state index is -1.14. The summed E-state index contributed by atoms with van der Waals surface area (Å²) in [7, 11) is 0. The maximum absolute atomic E-state index is 13.3. The van der Waals surface area contributed by atoms with E-state index in [9.17, 15) is 23.9 Å². The molecule has 1 amide bonds. The molecule has 0 radical (unpaired) electrons. The molecule has 7 nitrogen and oxygen atoms in total. The summed E-state index contributed by atoms with van der Waals surface area (Å²) < 4.78 is 23.4. The molecule has 1 aromatic rings. The highest BCUT2D eigenvalue weighted by atomic mass is 19.1. The predicted octanol–water partition coefficient (Wildman–Crippen LogP) is 2.83. The fraction of sp³-hybridized carbons (Fsp3) is 0.526. The molecular formula is C19H24FNO6. The number of hydrogen-bond acceptors (Lipinski definition) is 5. The molecule has 1 fully saturated rings. The molecule has 3 atom stereocenters. The van der Waals surface area contributed by atoms with Gasteiger partial charge in [-0.3, -0.25) is 9.69 Å². The van der Waals surface area contributed by atoms with Gasteiger partial charge in [0, 0.05) is 13.5 Å². The summed E-state index contributed by atoms with van der Waals surface area (Å²) in [5.74, 6) is -2.54. The topological polar surface area (TPSA) is 93.1 Å². The third-order valence-electron chi connectivity index (χ3n) is 4.34. The quantitative estimate of drug-likeness (QED) is 0.602. The molecule has 0 saturated carbocycles. The normalized spacial score (nSPS) is 20.4. The van der Waals surface area contributed by atoms with E-state index in [2.05, 4.69) is 0 Å². The molecule has 2 rings (SSSR count). The molecule has 8 heteroatoms. The van der Waals surface area contributed by atoms with Gasteiger partial charge in [-0.2, -0.15) is 0 Å². The number of amides is 1. The molecule has 1 heterocycles.